The zero-order valence-electron chi connectivity index (χ0n) is 11.2. The maximum Gasteiger partial charge on any atom is 0.111 e. The molecule has 1 heterocycles. The summed E-state index contributed by atoms with van der Waals surface area (Å²) in [5, 5.41) is 3.38. The molecule has 0 bridgehead atoms. The molecule has 0 saturated heterocycles. The summed E-state index contributed by atoms with van der Waals surface area (Å²) in [4.78, 5) is 0. The van der Waals surface area contributed by atoms with Crippen molar-refractivity contribution in [2.24, 2.45) is 0 Å². The Hall–Kier alpha value is -1.90. The zero-order valence-corrected chi connectivity index (χ0v) is 11.2. The lowest BCUT2D eigenvalue weighted by Gasteiger charge is -2.23. The summed E-state index contributed by atoms with van der Waals surface area (Å²) >= 11 is 0. The first-order valence-electron chi connectivity index (χ1n) is 6.14. The molecule has 0 unspecified atom stereocenters. The number of nitrogens with one attached hydrogen (secondary N) is 1. The summed E-state index contributed by atoms with van der Waals surface area (Å²) in [6, 6.07) is 11.8. The van der Waals surface area contributed by atoms with Gasteiger partial charge in [0.2, 0.25) is 0 Å². The third kappa shape index (κ3) is 2.67. The maximum atomic E-state index is 5.91. The molecule has 0 saturated carbocycles. The van der Waals surface area contributed by atoms with Gasteiger partial charge in [-0.3, -0.25) is 0 Å². The van der Waals surface area contributed by atoms with Crippen LogP contribution in [0, 0.1) is 6.92 Å². The summed E-state index contributed by atoms with van der Waals surface area (Å²) in [5.41, 5.74) is 7.57. The molecule has 3 heteroatoms. The van der Waals surface area contributed by atoms with Crippen molar-refractivity contribution >= 4 is 11.4 Å². The number of anilines is 2. The van der Waals surface area contributed by atoms with E-state index in [0.29, 0.717) is 0 Å². The molecule has 2 aromatic rings. The van der Waals surface area contributed by atoms with Crippen molar-refractivity contribution in [2.45, 2.75) is 26.2 Å². The van der Waals surface area contributed by atoms with Crippen LogP contribution in [-0.4, -0.2) is 6.54 Å². The standard InChI is InChI=1S/C15H20N2O/c1-11-8-9-14(18-11)15(2,3)10-17-13-7-5-4-6-12(13)16/h4-9,17H,10,16H2,1-3H3. The third-order valence-electron chi connectivity index (χ3n) is 3.09. The molecule has 3 nitrogen and oxygen atoms in total. The van der Waals surface area contributed by atoms with Crippen LogP contribution in [0.5, 0.6) is 0 Å². The molecule has 18 heavy (non-hydrogen) atoms. The number of hydrogen-bond acceptors (Lipinski definition) is 3. The van der Waals surface area contributed by atoms with Gasteiger partial charge < -0.3 is 15.5 Å². The van der Waals surface area contributed by atoms with Gasteiger partial charge in [0, 0.05) is 12.0 Å². The van der Waals surface area contributed by atoms with Gasteiger partial charge in [-0.05, 0) is 31.2 Å². The number of nitrogens with two attached hydrogens (primary N) is 1. The van der Waals surface area contributed by atoms with Crippen molar-refractivity contribution in [3.8, 4) is 0 Å². The molecule has 1 aromatic heterocycles. The summed E-state index contributed by atoms with van der Waals surface area (Å²) in [7, 11) is 0. The third-order valence-corrected chi connectivity index (χ3v) is 3.09. The average Bonchev–Trinajstić information content (AvgIpc) is 2.76. The molecule has 0 aliphatic rings. The number of para-hydroxylation sites is 2. The number of benzene rings is 1. The molecule has 0 aliphatic heterocycles. The highest BCUT2D eigenvalue weighted by molar-refractivity contribution is 5.65. The Balaban J connectivity index is 2.08. The van der Waals surface area contributed by atoms with Crippen molar-refractivity contribution in [2.75, 3.05) is 17.6 Å². The molecule has 0 radical (unpaired) electrons. The Bertz CT molecular complexity index is 529. The second-order valence-corrected chi connectivity index (χ2v) is 5.23. The van der Waals surface area contributed by atoms with Crippen LogP contribution in [0.2, 0.25) is 0 Å². The minimum atomic E-state index is -0.0729. The van der Waals surface area contributed by atoms with E-state index in [1.165, 1.54) is 0 Å². The van der Waals surface area contributed by atoms with Gasteiger partial charge in [-0.15, -0.1) is 0 Å². The predicted molar refractivity (Wildman–Crippen MR) is 75.8 cm³/mol. The highest BCUT2D eigenvalue weighted by Crippen LogP contribution is 2.26. The topological polar surface area (TPSA) is 51.2 Å². The summed E-state index contributed by atoms with van der Waals surface area (Å²) in [5.74, 6) is 1.93. The predicted octanol–water partition coefficient (Wildman–Crippen LogP) is 3.56. The number of rotatable bonds is 4. The lowest BCUT2D eigenvalue weighted by molar-refractivity contribution is 0.386. The molecule has 1 aromatic carbocycles. The number of furan rings is 1. The Morgan fingerprint density at radius 1 is 1.17 bits per heavy atom. The highest BCUT2D eigenvalue weighted by atomic mass is 16.3. The monoisotopic (exact) mass is 244 g/mol. The minimum Gasteiger partial charge on any atom is -0.466 e. The SMILES string of the molecule is Cc1ccc(C(C)(C)CNc2ccccc2N)o1. The van der Waals surface area contributed by atoms with Gasteiger partial charge in [0.25, 0.3) is 0 Å². The van der Waals surface area contributed by atoms with E-state index in [1.54, 1.807) is 0 Å². The van der Waals surface area contributed by atoms with E-state index < -0.39 is 0 Å². The van der Waals surface area contributed by atoms with Crippen LogP contribution >= 0.6 is 0 Å². The van der Waals surface area contributed by atoms with Crippen LogP contribution in [0.4, 0.5) is 11.4 Å². The average molecular weight is 244 g/mol. The molecule has 0 aliphatic carbocycles. The van der Waals surface area contributed by atoms with Gasteiger partial charge in [-0.1, -0.05) is 26.0 Å². The first-order chi connectivity index (χ1) is 8.49. The molecule has 0 fully saturated rings. The Labute approximate surface area is 108 Å². The van der Waals surface area contributed by atoms with Crippen molar-refractivity contribution in [3.05, 3.63) is 47.9 Å². The first-order valence-corrected chi connectivity index (χ1v) is 6.14. The van der Waals surface area contributed by atoms with Gasteiger partial charge in [0.1, 0.15) is 11.5 Å². The number of hydrogen-bond donors (Lipinski definition) is 2. The van der Waals surface area contributed by atoms with Crippen molar-refractivity contribution < 1.29 is 4.42 Å². The van der Waals surface area contributed by atoms with Gasteiger partial charge in [0.15, 0.2) is 0 Å². The van der Waals surface area contributed by atoms with Gasteiger partial charge >= 0.3 is 0 Å². The zero-order chi connectivity index (χ0) is 13.2. The van der Waals surface area contributed by atoms with Crippen LogP contribution in [0.3, 0.4) is 0 Å². The summed E-state index contributed by atoms with van der Waals surface area (Å²) in [6.45, 7) is 7.03. The molecule has 0 spiro atoms. The van der Waals surface area contributed by atoms with Crippen molar-refractivity contribution in [1.29, 1.82) is 0 Å². The molecule has 3 N–H and O–H groups in total. The lowest BCUT2D eigenvalue weighted by atomic mass is 9.90. The minimum absolute atomic E-state index is 0.0729. The first kappa shape index (κ1) is 12.6. The van der Waals surface area contributed by atoms with Crippen LogP contribution < -0.4 is 11.1 Å². The van der Waals surface area contributed by atoms with E-state index in [2.05, 4.69) is 19.2 Å². The number of aryl methyl sites for hydroxylation is 1. The van der Waals surface area contributed by atoms with Crippen LogP contribution in [0.15, 0.2) is 40.8 Å². The summed E-state index contributed by atoms with van der Waals surface area (Å²) in [6.07, 6.45) is 0. The van der Waals surface area contributed by atoms with E-state index in [9.17, 15) is 0 Å². The second-order valence-electron chi connectivity index (χ2n) is 5.23. The maximum absolute atomic E-state index is 5.91. The molecule has 2 rings (SSSR count). The van der Waals surface area contributed by atoms with E-state index in [4.69, 9.17) is 10.2 Å². The smallest absolute Gasteiger partial charge is 0.111 e. The number of nitrogen functional groups attached to an aromatic ring is 1. The molecular formula is C15H20N2O. The summed E-state index contributed by atoms with van der Waals surface area (Å²) < 4.78 is 5.70. The highest BCUT2D eigenvalue weighted by Gasteiger charge is 2.24. The van der Waals surface area contributed by atoms with Crippen molar-refractivity contribution in [3.63, 3.8) is 0 Å². The van der Waals surface area contributed by atoms with Gasteiger partial charge in [-0.2, -0.15) is 0 Å². The van der Waals surface area contributed by atoms with Crippen molar-refractivity contribution in [1.82, 2.24) is 0 Å². The van der Waals surface area contributed by atoms with Crippen LogP contribution in [-0.2, 0) is 5.41 Å². The fourth-order valence-corrected chi connectivity index (χ4v) is 1.86. The Morgan fingerprint density at radius 3 is 2.50 bits per heavy atom. The fraction of sp³-hybridized carbons (Fsp3) is 0.333. The van der Waals surface area contributed by atoms with E-state index in [-0.39, 0.29) is 5.41 Å². The van der Waals surface area contributed by atoms with E-state index in [0.717, 1.165) is 29.4 Å². The van der Waals surface area contributed by atoms with E-state index in [1.807, 2.05) is 43.3 Å². The van der Waals surface area contributed by atoms with Gasteiger partial charge in [0.05, 0.1) is 11.4 Å². The normalized spacial score (nSPS) is 11.5. The Morgan fingerprint density at radius 2 is 1.89 bits per heavy atom. The Kier molecular flexibility index (Phi) is 3.32. The molecular weight excluding hydrogens is 224 g/mol. The second kappa shape index (κ2) is 4.77. The molecule has 96 valence electrons. The fourth-order valence-electron chi connectivity index (χ4n) is 1.86. The largest absolute Gasteiger partial charge is 0.466 e. The van der Waals surface area contributed by atoms with E-state index >= 15 is 0 Å². The molecule has 0 atom stereocenters. The lowest BCUT2D eigenvalue weighted by Crippen LogP contribution is -2.27. The van der Waals surface area contributed by atoms with Crippen LogP contribution in [0.1, 0.15) is 25.4 Å². The van der Waals surface area contributed by atoms with Gasteiger partial charge in [-0.25, -0.2) is 0 Å². The molecule has 0 amide bonds. The quantitative estimate of drug-likeness (QED) is 0.808. The van der Waals surface area contributed by atoms with Crippen LogP contribution in [0.25, 0.3) is 0 Å².